The Morgan fingerprint density at radius 3 is 2.47 bits per heavy atom. The average molecular weight is 494 g/mol. The number of piperidine rings is 1. The van der Waals surface area contributed by atoms with Crippen molar-refractivity contribution in [2.45, 2.75) is 69.5 Å². The zero-order valence-corrected chi connectivity index (χ0v) is 21.0. The number of likely N-dealkylation sites (N-methyl/N-ethyl adjacent to an activating group) is 1. The highest BCUT2D eigenvalue weighted by molar-refractivity contribution is 8.03. The van der Waals surface area contributed by atoms with Crippen molar-refractivity contribution in [3.8, 4) is 0 Å². The minimum atomic E-state index is -1.12. The number of nitrogens with zero attached hydrogens (tertiary/aromatic N) is 4. The van der Waals surface area contributed by atoms with Gasteiger partial charge in [0.15, 0.2) is 0 Å². The van der Waals surface area contributed by atoms with Crippen LogP contribution in [0.1, 0.15) is 40.0 Å². The Balaban J connectivity index is 1.42. The van der Waals surface area contributed by atoms with Crippen LogP contribution in [0.3, 0.4) is 0 Å². The van der Waals surface area contributed by atoms with Crippen molar-refractivity contribution in [2.24, 2.45) is 22.6 Å². The van der Waals surface area contributed by atoms with Crippen molar-refractivity contribution < 1.29 is 24.6 Å². The Labute approximate surface area is 204 Å². The number of rotatable bonds is 6. The highest BCUT2D eigenvalue weighted by Gasteiger charge is 2.60. The number of hydrogen-bond donors (Lipinski definition) is 3. The van der Waals surface area contributed by atoms with E-state index < -0.39 is 18.0 Å². The molecular formula is C23H35N5O5S. The normalized spacial score (nSPS) is 33.9. The molecule has 188 valence electrons. The Hall–Kier alpha value is -2.11. The molecule has 5 unspecified atom stereocenters. The summed E-state index contributed by atoms with van der Waals surface area (Å²) in [5, 5.41) is 19.9. The Morgan fingerprint density at radius 1 is 1.26 bits per heavy atom. The van der Waals surface area contributed by atoms with Crippen molar-refractivity contribution in [3.63, 3.8) is 0 Å². The zero-order valence-electron chi connectivity index (χ0n) is 20.2. The number of aliphatic carboxylic acids is 1. The molecule has 2 amide bonds. The number of amides is 2. The summed E-state index contributed by atoms with van der Waals surface area (Å²) in [4.78, 5) is 48.3. The molecule has 4 aliphatic rings. The average Bonchev–Trinajstić information content (AvgIpc) is 3.23. The van der Waals surface area contributed by atoms with Crippen LogP contribution in [0, 0.1) is 11.8 Å². The van der Waals surface area contributed by atoms with Crippen molar-refractivity contribution in [1.82, 2.24) is 14.7 Å². The van der Waals surface area contributed by atoms with Crippen LogP contribution < -0.4 is 5.73 Å². The topological polar surface area (TPSA) is 140 Å². The van der Waals surface area contributed by atoms with Crippen LogP contribution in [0.4, 0.5) is 0 Å². The number of aliphatic imine (C=N–C) groups is 1. The third-order valence-corrected chi connectivity index (χ3v) is 9.06. The van der Waals surface area contributed by atoms with Gasteiger partial charge in [0.2, 0.25) is 11.8 Å². The van der Waals surface area contributed by atoms with Gasteiger partial charge in [-0.3, -0.25) is 19.5 Å². The van der Waals surface area contributed by atoms with Crippen LogP contribution in [0.15, 0.2) is 15.6 Å². The first-order valence-corrected chi connectivity index (χ1v) is 12.8. The standard InChI is InChI=1S/C23H35N5O5S/c1-11-18-17(12(2)29)22(31)28(18)19(23(32)33)20(11)34-15-9-16(26(4)10-15)21(30)27-7-5-14(6-8-27)25-13(3)24/h11-12,14-18,29H,5-10H2,1-4H3,(H2,24,25)(H,32,33)/t11?,12?,15?,16?,17?,18-/m1/s1. The molecule has 0 aliphatic carbocycles. The predicted octanol–water partition coefficient (Wildman–Crippen LogP) is 0.314. The number of nitrogens with two attached hydrogens (primary N) is 1. The molecule has 11 heteroatoms. The number of aliphatic hydroxyl groups excluding tert-OH is 1. The number of hydrogen-bond acceptors (Lipinski definition) is 7. The second-order valence-electron chi connectivity index (χ2n) is 10.0. The number of aliphatic hydroxyl groups is 1. The molecule has 4 N–H and O–H groups in total. The Morgan fingerprint density at radius 2 is 1.91 bits per heavy atom. The third kappa shape index (κ3) is 4.33. The smallest absolute Gasteiger partial charge is 0.353 e. The van der Waals surface area contributed by atoms with E-state index in [0.717, 1.165) is 12.8 Å². The molecule has 3 fully saturated rings. The first-order chi connectivity index (χ1) is 16.0. The van der Waals surface area contributed by atoms with E-state index in [9.17, 15) is 24.6 Å². The molecule has 0 saturated carbocycles. The van der Waals surface area contributed by atoms with Crippen LogP contribution in [0.5, 0.6) is 0 Å². The number of fused-ring (bicyclic) bond motifs is 1. The van der Waals surface area contributed by atoms with E-state index in [1.54, 1.807) is 13.8 Å². The second-order valence-corrected chi connectivity index (χ2v) is 11.4. The molecule has 0 radical (unpaired) electrons. The number of amidine groups is 1. The van der Waals surface area contributed by atoms with Gasteiger partial charge in [0, 0.05) is 35.7 Å². The molecule has 10 nitrogen and oxygen atoms in total. The minimum Gasteiger partial charge on any atom is -0.477 e. The third-order valence-electron chi connectivity index (χ3n) is 7.56. The fraction of sp³-hybridized carbons (Fsp3) is 0.739. The van der Waals surface area contributed by atoms with Gasteiger partial charge in [-0.15, -0.1) is 11.8 Å². The largest absolute Gasteiger partial charge is 0.477 e. The molecule has 4 heterocycles. The summed E-state index contributed by atoms with van der Waals surface area (Å²) in [5.74, 6) is -1.50. The lowest BCUT2D eigenvalue weighted by atomic mass is 9.79. The lowest BCUT2D eigenvalue weighted by Gasteiger charge is -2.46. The summed E-state index contributed by atoms with van der Waals surface area (Å²) in [6, 6.07) is -0.399. The Bertz CT molecular complexity index is 925. The summed E-state index contributed by atoms with van der Waals surface area (Å²) in [7, 11) is 1.93. The van der Waals surface area contributed by atoms with Crippen molar-refractivity contribution in [2.75, 3.05) is 26.7 Å². The summed E-state index contributed by atoms with van der Waals surface area (Å²) >= 11 is 1.48. The maximum absolute atomic E-state index is 13.3. The van der Waals surface area contributed by atoms with Crippen LogP contribution in [-0.2, 0) is 14.4 Å². The number of thioether (sulfide) groups is 1. The summed E-state index contributed by atoms with van der Waals surface area (Å²) in [6.45, 7) is 7.26. The molecule has 6 atom stereocenters. The first kappa shape index (κ1) is 25.0. The van der Waals surface area contributed by atoms with Gasteiger partial charge in [-0.05, 0) is 40.2 Å². The van der Waals surface area contributed by atoms with Crippen LogP contribution in [0.2, 0.25) is 0 Å². The number of carboxylic acids is 1. The highest BCUT2D eigenvalue weighted by Crippen LogP contribution is 2.52. The van der Waals surface area contributed by atoms with E-state index in [2.05, 4.69) is 4.99 Å². The number of likely N-dealkylation sites (tertiary alicyclic amines) is 2. The van der Waals surface area contributed by atoms with Gasteiger partial charge >= 0.3 is 5.97 Å². The molecule has 4 rings (SSSR count). The van der Waals surface area contributed by atoms with E-state index in [0.29, 0.717) is 36.8 Å². The summed E-state index contributed by atoms with van der Waals surface area (Å²) in [5.41, 5.74) is 5.73. The summed E-state index contributed by atoms with van der Waals surface area (Å²) in [6.07, 6.45) is 1.41. The van der Waals surface area contributed by atoms with Gasteiger partial charge in [0.1, 0.15) is 5.70 Å². The van der Waals surface area contributed by atoms with Crippen LogP contribution in [0.25, 0.3) is 0 Å². The maximum Gasteiger partial charge on any atom is 0.353 e. The van der Waals surface area contributed by atoms with Crippen molar-refractivity contribution in [1.29, 1.82) is 0 Å². The number of carboxylic acid groups (broad SMARTS) is 1. The fourth-order valence-corrected chi connectivity index (χ4v) is 7.50. The number of carbonyl (C=O) groups is 3. The van der Waals surface area contributed by atoms with Gasteiger partial charge in [-0.25, -0.2) is 4.79 Å². The maximum atomic E-state index is 13.3. The van der Waals surface area contributed by atoms with E-state index >= 15 is 0 Å². The van der Waals surface area contributed by atoms with Gasteiger partial charge in [-0.2, -0.15) is 0 Å². The van der Waals surface area contributed by atoms with E-state index in [1.807, 2.05) is 23.8 Å². The number of carbonyl (C=O) groups excluding carboxylic acids is 2. The van der Waals surface area contributed by atoms with E-state index in [-0.39, 0.29) is 46.8 Å². The zero-order chi connectivity index (χ0) is 24.9. The van der Waals surface area contributed by atoms with E-state index in [4.69, 9.17) is 5.73 Å². The summed E-state index contributed by atoms with van der Waals surface area (Å²) < 4.78 is 0. The fourth-order valence-electron chi connectivity index (χ4n) is 5.90. The van der Waals surface area contributed by atoms with Crippen molar-refractivity contribution >= 4 is 35.4 Å². The molecule has 0 aromatic carbocycles. The molecule has 0 spiro atoms. The van der Waals surface area contributed by atoms with Gasteiger partial charge in [0.05, 0.1) is 36.0 Å². The molecule has 0 aromatic rings. The lowest BCUT2D eigenvalue weighted by molar-refractivity contribution is -0.163. The Kier molecular flexibility index (Phi) is 6.99. The van der Waals surface area contributed by atoms with Crippen LogP contribution >= 0.6 is 11.8 Å². The van der Waals surface area contributed by atoms with Crippen LogP contribution in [-0.4, -0.2) is 105 Å². The lowest BCUT2D eigenvalue weighted by Crippen LogP contribution is -2.63. The number of β-lactam (4-membered cyclic amide) rings is 1. The molecule has 34 heavy (non-hydrogen) atoms. The monoisotopic (exact) mass is 493 g/mol. The quantitative estimate of drug-likeness (QED) is 0.273. The van der Waals surface area contributed by atoms with Crippen molar-refractivity contribution in [3.05, 3.63) is 10.6 Å². The van der Waals surface area contributed by atoms with Gasteiger partial charge in [0.25, 0.3) is 0 Å². The first-order valence-electron chi connectivity index (χ1n) is 11.9. The molecule has 4 aliphatic heterocycles. The highest BCUT2D eigenvalue weighted by atomic mass is 32.2. The minimum absolute atomic E-state index is 0.0413. The SMILES string of the molecule is CC(N)=NC1CCN(C(=O)C2CC(SC3=C(C(=O)O)N4C(=O)C(C(C)O)[C@H]4C3C)CN2C)CC1. The molecule has 3 saturated heterocycles. The molecule has 0 bridgehead atoms. The van der Waals surface area contributed by atoms with Gasteiger partial charge in [-0.1, -0.05) is 6.92 Å². The molecule has 0 aromatic heterocycles. The van der Waals surface area contributed by atoms with E-state index in [1.165, 1.54) is 16.7 Å². The second kappa shape index (κ2) is 9.50. The molecular weight excluding hydrogens is 458 g/mol. The predicted molar refractivity (Wildman–Crippen MR) is 129 cm³/mol. The van der Waals surface area contributed by atoms with Gasteiger partial charge < -0.3 is 25.7 Å².